The van der Waals surface area contributed by atoms with Gasteiger partial charge in [-0.25, -0.2) is 9.37 Å². The van der Waals surface area contributed by atoms with E-state index < -0.39 is 35.4 Å². The van der Waals surface area contributed by atoms with Crippen LogP contribution in [0.25, 0.3) is 0 Å². The van der Waals surface area contributed by atoms with Gasteiger partial charge in [0.15, 0.2) is 11.7 Å². The van der Waals surface area contributed by atoms with Gasteiger partial charge in [0, 0.05) is 22.5 Å². The van der Waals surface area contributed by atoms with Gasteiger partial charge < -0.3 is 32.2 Å². The van der Waals surface area contributed by atoms with E-state index >= 15 is 0 Å². The van der Waals surface area contributed by atoms with Crippen molar-refractivity contribution in [1.29, 1.82) is 0 Å². The van der Waals surface area contributed by atoms with Gasteiger partial charge in [0.25, 0.3) is 5.91 Å². The first kappa shape index (κ1) is 28.7. The Balaban J connectivity index is 1.43. The Hall–Kier alpha value is -5.30. The van der Waals surface area contributed by atoms with Crippen LogP contribution >= 0.6 is 11.3 Å². The van der Waals surface area contributed by atoms with E-state index in [1.165, 1.54) is 65.6 Å². The number of aromatic nitrogens is 1. The fourth-order valence-corrected chi connectivity index (χ4v) is 4.76. The number of nitrogens with two attached hydrogens (primary N) is 3. The molecule has 4 aromatic rings. The standard InChI is InChI=1S/C28H25FN6O5S/c1-15(26(31)38)35(20-10-6-18(29)7-11-20)28-34-25(30)24(41-28)23(37)16-4-12-21(13-5-16)40-14-22(36)33-19-8-2-17(3-9-19)27(32)39/h2-13,15H,14,30H2,1H3,(H2,31,38)(H2,32,39)(H,33,36)/t15-/m1/s1. The molecule has 3 amide bonds. The molecule has 13 heteroatoms. The number of thiazole rings is 1. The van der Waals surface area contributed by atoms with E-state index in [-0.39, 0.29) is 28.0 Å². The third kappa shape index (κ3) is 6.83. The highest BCUT2D eigenvalue weighted by Gasteiger charge is 2.27. The average Bonchev–Trinajstić information content (AvgIpc) is 3.33. The monoisotopic (exact) mass is 576 g/mol. The molecule has 1 aromatic heterocycles. The number of hydrogen-bond donors (Lipinski definition) is 4. The molecule has 0 fully saturated rings. The smallest absolute Gasteiger partial charge is 0.262 e. The number of ketones is 1. The van der Waals surface area contributed by atoms with Crippen LogP contribution < -0.4 is 32.2 Å². The maximum Gasteiger partial charge on any atom is 0.262 e. The average molecular weight is 577 g/mol. The first-order valence-electron chi connectivity index (χ1n) is 12.1. The van der Waals surface area contributed by atoms with Gasteiger partial charge in [-0.15, -0.1) is 0 Å². The maximum absolute atomic E-state index is 13.5. The minimum atomic E-state index is -0.864. The van der Waals surface area contributed by atoms with Gasteiger partial charge in [-0.05, 0) is 79.7 Å². The molecule has 11 nitrogen and oxygen atoms in total. The summed E-state index contributed by atoms with van der Waals surface area (Å²) in [5.41, 5.74) is 18.3. The summed E-state index contributed by atoms with van der Waals surface area (Å²) < 4.78 is 19.0. The molecule has 0 aliphatic carbocycles. The molecule has 0 aliphatic rings. The summed E-state index contributed by atoms with van der Waals surface area (Å²) in [6, 6.07) is 16.7. The second kappa shape index (κ2) is 12.3. The van der Waals surface area contributed by atoms with Crippen molar-refractivity contribution >= 4 is 57.2 Å². The van der Waals surface area contributed by atoms with Gasteiger partial charge in [0.05, 0.1) is 0 Å². The number of anilines is 4. The topological polar surface area (TPSA) is 184 Å². The fraction of sp³-hybridized carbons (Fsp3) is 0.107. The predicted octanol–water partition coefficient (Wildman–Crippen LogP) is 3.22. The van der Waals surface area contributed by atoms with Crippen LogP contribution in [0.3, 0.4) is 0 Å². The summed E-state index contributed by atoms with van der Waals surface area (Å²) in [5, 5.41) is 2.87. The van der Waals surface area contributed by atoms with Crippen LogP contribution in [0.2, 0.25) is 0 Å². The number of primary amides is 2. The Morgan fingerprint density at radius 3 is 2.15 bits per heavy atom. The van der Waals surface area contributed by atoms with E-state index in [0.717, 1.165) is 11.3 Å². The third-order valence-electron chi connectivity index (χ3n) is 5.90. The lowest BCUT2D eigenvalue weighted by Gasteiger charge is -2.26. The van der Waals surface area contributed by atoms with E-state index in [1.54, 1.807) is 19.1 Å². The van der Waals surface area contributed by atoms with Crippen LogP contribution in [-0.4, -0.2) is 41.1 Å². The van der Waals surface area contributed by atoms with Crippen LogP contribution in [0.1, 0.15) is 32.5 Å². The Morgan fingerprint density at radius 1 is 0.951 bits per heavy atom. The first-order valence-corrected chi connectivity index (χ1v) is 12.9. The number of nitrogens with zero attached hydrogens (tertiary/aromatic N) is 2. The minimum Gasteiger partial charge on any atom is -0.484 e. The molecule has 0 aliphatic heterocycles. The number of carbonyl (C=O) groups is 4. The number of nitrogen functional groups attached to an aromatic ring is 1. The molecular weight excluding hydrogens is 551 g/mol. The minimum absolute atomic E-state index is 0.0420. The fourth-order valence-electron chi connectivity index (χ4n) is 3.71. The molecular formula is C28H25FN6O5S. The van der Waals surface area contributed by atoms with Crippen LogP contribution in [0.15, 0.2) is 72.8 Å². The number of hydrogen-bond acceptors (Lipinski definition) is 9. The van der Waals surface area contributed by atoms with Crippen LogP contribution in [0.4, 0.5) is 26.7 Å². The van der Waals surface area contributed by atoms with Crippen molar-refractivity contribution in [3.05, 3.63) is 94.6 Å². The van der Waals surface area contributed by atoms with Crippen LogP contribution in [0.5, 0.6) is 5.75 Å². The van der Waals surface area contributed by atoms with Gasteiger partial charge >= 0.3 is 0 Å². The molecule has 0 bridgehead atoms. The second-order valence-electron chi connectivity index (χ2n) is 8.77. The molecule has 7 N–H and O–H groups in total. The van der Waals surface area contributed by atoms with Crippen LogP contribution in [0, 0.1) is 5.82 Å². The van der Waals surface area contributed by atoms with Crippen molar-refractivity contribution in [3.8, 4) is 5.75 Å². The molecule has 0 saturated heterocycles. The lowest BCUT2D eigenvalue weighted by molar-refractivity contribution is -0.119. The highest BCUT2D eigenvalue weighted by atomic mass is 32.1. The number of ether oxygens (including phenoxy) is 1. The normalized spacial score (nSPS) is 11.4. The van der Waals surface area contributed by atoms with Crippen molar-refractivity contribution in [3.63, 3.8) is 0 Å². The molecule has 0 unspecified atom stereocenters. The Labute approximate surface area is 237 Å². The largest absolute Gasteiger partial charge is 0.484 e. The lowest BCUT2D eigenvalue weighted by atomic mass is 10.1. The zero-order valence-corrected chi connectivity index (χ0v) is 22.5. The Kier molecular flexibility index (Phi) is 8.58. The molecule has 0 saturated carbocycles. The predicted molar refractivity (Wildman–Crippen MR) is 153 cm³/mol. The summed E-state index contributed by atoms with van der Waals surface area (Å²) in [7, 11) is 0. The van der Waals surface area contributed by atoms with Gasteiger partial charge in [0.1, 0.15) is 28.3 Å². The number of benzene rings is 3. The molecule has 4 rings (SSSR count). The summed E-state index contributed by atoms with van der Waals surface area (Å²) in [5.74, 6) is -2.23. The van der Waals surface area contributed by atoms with E-state index in [2.05, 4.69) is 10.3 Å². The molecule has 1 heterocycles. The quantitative estimate of drug-likeness (QED) is 0.196. The summed E-state index contributed by atoms with van der Waals surface area (Å²) in [6.45, 7) is 1.26. The maximum atomic E-state index is 13.5. The zero-order valence-electron chi connectivity index (χ0n) is 21.7. The van der Waals surface area contributed by atoms with Crippen molar-refractivity contribution in [2.45, 2.75) is 13.0 Å². The summed E-state index contributed by atoms with van der Waals surface area (Å²) in [4.78, 5) is 54.5. The van der Waals surface area contributed by atoms with E-state index in [9.17, 15) is 23.6 Å². The molecule has 41 heavy (non-hydrogen) atoms. The lowest BCUT2D eigenvalue weighted by Crippen LogP contribution is -2.39. The van der Waals surface area contributed by atoms with Gasteiger partial charge in [-0.3, -0.25) is 19.2 Å². The van der Waals surface area contributed by atoms with Gasteiger partial charge in [-0.2, -0.15) is 0 Å². The summed E-state index contributed by atoms with van der Waals surface area (Å²) in [6.07, 6.45) is 0. The van der Waals surface area contributed by atoms with Gasteiger partial charge in [-0.1, -0.05) is 11.3 Å². The number of halogens is 1. The number of amides is 3. The van der Waals surface area contributed by atoms with E-state index in [1.807, 2.05) is 0 Å². The number of nitrogens with one attached hydrogen (secondary N) is 1. The van der Waals surface area contributed by atoms with Crippen molar-refractivity contribution < 1.29 is 28.3 Å². The molecule has 210 valence electrons. The highest BCUT2D eigenvalue weighted by Crippen LogP contribution is 2.36. The molecule has 1 atom stereocenters. The molecule has 0 spiro atoms. The van der Waals surface area contributed by atoms with Crippen LogP contribution in [-0.2, 0) is 9.59 Å². The summed E-state index contributed by atoms with van der Waals surface area (Å²) >= 11 is 0.966. The first-order chi connectivity index (χ1) is 19.5. The molecule has 0 radical (unpaired) electrons. The second-order valence-corrected chi connectivity index (χ2v) is 9.75. The Bertz CT molecular complexity index is 1590. The third-order valence-corrected chi connectivity index (χ3v) is 6.97. The van der Waals surface area contributed by atoms with E-state index in [4.69, 9.17) is 21.9 Å². The van der Waals surface area contributed by atoms with E-state index in [0.29, 0.717) is 22.7 Å². The van der Waals surface area contributed by atoms with Crippen molar-refractivity contribution in [2.24, 2.45) is 11.5 Å². The zero-order chi connectivity index (χ0) is 29.7. The SMILES string of the molecule is C[C@H](C(N)=O)N(c1ccc(F)cc1)c1nc(N)c(C(=O)c2ccc(OCC(=O)Nc3ccc(C(N)=O)cc3)cc2)s1. The molecule has 3 aromatic carbocycles. The van der Waals surface area contributed by atoms with Gasteiger partial charge in [0.2, 0.25) is 17.6 Å². The number of carbonyl (C=O) groups excluding carboxylic acids is 4. The van der Waals surface area contributed by atoms with Crippen molar-refractivity contribution in [1.82, 2.24) is 4.98 Å². The number of rotatable bonds is 11. The van der Waals surface area contributed by atoms with Crippen molar-refractivity contribution in [2.75, 3.05) is 22.6 Å². The Morgan fingerprint density at radius 2 is 1.56 bits per heavy atom. The highest BCUT2D eigenvalue weighted by molar-refractivity contribution is 7.18.